The van der Waals surface area contributed by atoms with E-state index in [1.54, 1.807) is 6.92 Å². The zero-order valence-electron chi connectivity index (χ0n) is 19.0. The fraction of sp³-hybridized carbons (Fsp3) is 0.667. The largest absolute Gasteiger partial charge is 0.465 e. The summed E-state index contributed by atoms with van der Waals surface area (Å²) >= 11 is 0. The van der Waals surface area contributed by atoms with Gasteiger partial charge in [-0.15, -0.1) is 0 Å². The summed E-state index contributed by atoms with van der Waals surface area (Å²) in [6.45, 7) is 6.65. The Morgan fingerprint density at radius 1 is 1.16 bits per heavy atom. The number of fused-ring (bicyclic) bond motifs is 5. The van der Waals surface area contributed by atoms with E-state index in [1.807, 2.05) is 23.6 Å². The maximum Gasteiger partial charge on any atom is 0.318 e. The maximum absolute atomic E-state index is 15.5. The molecule has 5 rings (SSSR count). The molecule has 4 atom stereocenters. The van der Waals surface area contributed by atoms with E-state index in [9.17, 15) is 19.8 Å². The number of ketones is 1. The summed E-state index contributed by atoms with van der Waals surface area (Å²) in [4.78, 5) is 29.6. The highest BCUT2D eigenvalue weighted by Crippen LogP contribution is 2.50. The van der Waals surface area contributed by atoms with E-state index < -0.39 is 35.7 Å². The number of benzene rings is 1. The van der Waals surface area contributed by atoms with Crippen LogP contribution in [-0.2, 0) is 9.53 Å². The van der Waals surface area contributed by atoms with Crippen molar-refractivity contribution in [2.45, 2.75) is 77.2 Å². The number of anilines is 2. The molecule has 1 saturated carbocycles. The van der Waals surface area contributed by atoms with Gasteiger partial charge in [0.15, 0.2) is 5.78 Å². The molecule has 3 heterocycles. The van der Waals surface area contributed by atoms with Gasteiger partial charge in [-0.1, -0.05) is 13.8 Å². The van der Waals surface area contributed by atoms with Gasteiger partial charge < -0.3 is 24.7 Å². The molecule has 2 N–H and O–H groups in total. The van der Waals surface area contributed by atoms with Gasteiger partial charge in [0, 0.05) is 36.3 Å². The Morgan fingerprint density at radius 2 is 1.88 bits per heavy atom. The molecule has 32 heavy (non-hydrogen) atoms. The number of aliphatic hydroxyl groups excluding tert-OH is 2. The van der Waals surface area contributed by atoms with Crippen molar-refractivity contribution in [2.24, 2.45) is 5.92 Å². The average Bonchev–Trinajstić information content (AvgIpc) is 3.55. The van der Waals surface area contributed by atoms with Gasteiger partial charge in [-0.2, -0.15) is 0 Å². The number of hydrogen-bond acceptors (Lipinski definition) is 7. The molecule has 4 aliphatic rings. The van der Waals surface area contributed by atoms with Crippen molar-refractivity contribution in [1.29, 1.82) is 0 Å². The quantitative estimate of drug-likeness (QED) is 0.543. The van der Waals surface area contributed by atoms with Gasteiger partial charge in [-0.3, -0.25) is 9.59 Å². The molecule has 0 bridgehead atoms. The van der Waals surface area contributed by atoms with Crippen LogP contribution in [0.5, 0.6) is 0 Å². The van der Waals surface area contributed by atoms with Crippen molar-refractivity contribution in [3.05, 3.63) is 23.0 Å². The van der Waals surface area contributed by atoms with Crippen LogP contribution in [0.1, 0.15) is 74.9 Å². The molecule has 7 nitrogen and oxygen atoms in total. The van der Waals surface area contributed by atoms with Gasteiger partial charge in [0.1, 0.15) is 17.8 Å². The highest BCUT2D eigenvalue weighted by molar-refractivity contribution is 6.14. The van der Waals surface area contributed by atoms with Gasteiger partial charge in [0.25, 0.3) is 0 Å². The van der Waals surface area contributed by atoms with Crippen LogP contribution in [0.2, 0.25) is 0 Å². The molecular formula is C24H33FN2O5. The minimum atomic E-state index is -1.29. The highest BCUT2D eigenvalue weighted by Gasteiger charge is 2.48. The molecule has 4 unspecified atom stereocenters. The number of esters is 1. The first-order valence-corrected chi connectivity index (χ1v) is 11.9. The number of aliphatic hydroxyl groups is 2. The van der Waals surface area contributed by atoms with Crippen molar-refractivity contribution in [3.63, 3.8) is 0 Å². The van der Waals surface area contributed by atoms with Gasteiger partial charge in [0.2, 0.25) is 0 Å². The second-order valence-corrected chi connectivity index (χ2v) is 8.81. The van der Waals surface area contributed by atoms with Gasteiger partial charge >= 0.3 is 5.97 Å². The zero-order valence-corrected chi connectivity index (χ0v) is 19.0. The summed E-state index contributed by atoms with van der Waals surface area (Å²) in [5.41, 5.74) is 1.18. The summed E-state index contributed by atoms with van der Waals surface area (Å²) in [6.07, 6.45) is 1.55. The van der Waals surface area contributed by atoms with E-state index in [4.69, 9.17) is 4.74 Å². The van der Waals surface area contributed by atoms with Crippen LogP contribution in [0, 0.1) is 11.7 Å². The Morgan fingerprint density at radius 3 is 2.53 bits per heavy atom. The van der Waals surface area contributed by atoms with E-state index in [1.165, 1.54) is 6.07 Å². The standard InChI is InChI=1S/C22H27FN2O5.C2H6/c1-2-30-22(29)14-10-25(11-5-6-11)18-13(20(14)27)9-15(23)19-17(18)21(28)16(26)8-12-4-3-7-24(12)19;1-2/h9,11-12,14,16,21,26,28H,2-8,10H2,1H3;1-2H3. The van der Waals surface area contributed by atoms with Crippen LogP contribution in [0.15, 0.2) is 6.07 Å². The Kier molecular flexibility index (Phi) is 6.45. The van der Waals surface area contributed by atoms with Crippen LogP contribution >= 0.6 is 0 Å². The number of hydrogen-bond donors (Lipinski definition) is 2. The van der Waals surface area contributed by atoms with Crippen LogP contribution in [0.25, 0.3) is 0 Å². The molecule has 1 aromatic rings. The molecule has 2 fully saturated rings. The second kappa shape index (κ2) is 8.98. The van der Waals surface area contributed by atoms with Crippen molar-refractivity contribution in [2.75, 3.05) is 29.5 Å². The van der Waals surface area contributed by atoms with E-state index in [0.29, 0.717) is 29.9 Å². The summed E-state index contributed by atoms with van der Waals surface area (Å²) in [5.74, 6) is -2.68. The van der Waals surface area contributed by atoms with E-state index in [0.717, 1.165) is 25.7 Å². The zero-order chi connectivity index (χ0) is 23.2. The van der Waals surface area contributed by atoms with Gasteiger partial charge in [0.05, 0.1) is 24.1 Å². The predicted molar refractivity (Wildman–Crippen MR) is 119 cm³/mol. The monoisotopic (exact) mass is 448 g/mol. The second-order valence-electron chi connectivity index (χ2n) is 8.81. The number of carbonyl (C=O) groups excluding carboxylic acids is 2. The number of nitrogens with zero attached hydrogens (tertiary/aromatic N) is 2. The fourth-order valence-electron chi connectivity index (χ4n) is 5.39. The minimum Gasteiger partial charge on any atom is -0.465 e. The van der Waals surface area contributed by atoms with Crippen LogP contribution in [-0.4, -0.2) is 59.8 Å². The Balaban J connectivity index is 0.00000119. The fourth-order valence-corrected chi connectivity index (χ4v) is 5.39. The smallest absolute Gasteiger partial charge is 0.318 e. The van der Waals surface area contributed by atoms with Crippen LogP contribution < -0.4 is 9.80 Å². The Hall–Kier alpha value is -2.19. The first-order valence-electron chi connectivity index (χ1n) is 11.9. The van der Waals surface area contributed by atoms with E-state index in [-0.39, 0.29) is 30.8 Å². The average molecular weight is 449 g/mol. The normalized spacial score (nSPS) is 28.8. The van der Waals surface area contributed by atoms with E-state index >= 15 is 4.39 Å². The predicted octanol–water partition coefficient (Wildman–Crippen LogP) is 2.96. The lowest BCUT2D eigenvalue weighted by molar-refractivity contribution is -0.145. The molecule has 0 spiro atoms. The van der Waals surface area contributed by atoms with Crippen molar-refractivity contribution in [3.8, 4) is 0 Å². The summed E-state index contributed by atoms with van der Waals surface area (Å²) in [7, 11) is 0. The third-order valence-electron chi connectivity index (χ3n) is 6.91. The van der Waals surface area contributed by atoms with Crippen molar-refractivity contribution >= 4 is 23.1 Å². The molecule has 0 radical (unpaired) electrons. The number of ether oxygens (including phenoxy) is 1. The third-order valence-corrected chi connectivity index (χ3v) is 6.91. The molecule has 0 amide bonds. The molecule has 3 aliphatic heterocycles. The molecule has 176 valence electrons. The lowest BCUT2D eigenvalue weighted by Gasteiger charge is -2.38. The van der Waals surface area contributed by atoms with Crippen molar-refractivity contribution in [1.82, 2.24) is 0 Å². The number of halogens is 1. The number of carbonyl (C=O) groups is 2. The van der Waals surface area contributed by atoms with Crippen LogP contribution in [0.4, 0.5) is 15.8 Å². The highest BCUT2D eigenvalue weighted by atomic mass is 19.1. The number of Topliss-reactive ketones (excluding diaryl/α,β-unsaturated/α-hetero) is 1. The summed E-state index contributed by atoms with van der Waals surface area (Å²) in [6, 6.07) is 1.31. The summed E-state index contributed by atoms with van der Waals surface area (Å²) < 4.78 is 20.5. The molecule has 0 aromatic heterocycles. The lowest BCUT2D eigenvalue weighted by Crippen LogP contribution is -2.45. The Labute approximate surface area is 188 Å². The SMILES string of the molecule is CC.CCOC(=O)C1CN(C2CC2)c2c(cc(F)c3c2C(O)C(O)CC2CCCN32)C1=O. The topological polar surface area (TPSA) is 90.3 Å². The molecular weight excluding hydrogens is 415 g/mol. The summed E-state index contributed by atoms with van der Waals surface area (Å²) in [5, 5.41) is 21.7. The molecule has 1 aliphatic carbocycles. The minimum absolute atomic E-state index is 0.0376. The maximum atomic E-state index is 15.5. The van der Waals surface area contributed by atoms with E-state index in [2.05, 4.69) is 0 Å². The van der Waals surface area contributed by atoms with Gasteiger partial charge in [-0.05, 0) is 45.1 Å². The van der Waals surface area contributed by atoms with Gasteiger partial charge in [-0.25, -0.2) is 4.39 Å². The molecule has 1 saturated heterocycles. The molecule has 8 heteroatoms. The molecule has 1 aromatic carbocycles. The van der Waals surface area contributed by atoms with Crippen LogP contribution in [0.3, 0.4) is 0 Å². The number of rotatable bonds is 3. The first-order chi connectivity index (χ1) is 15.4. The third kappa shape index (κ3) is 3.67. The Bertz CT molecular complexity index is 903. The lowest BCUT2D eigenvalue weighted by atomic mass is 9.85. The van der Waals surface area contributed by atoms with Crippen molar-refractivity contribution < 1.29 is 28.9 Å². The first kappa shape index (κ1) is 23.0.